The highest BCUT2D eigenvalue weighted by Crippen LogP contribution is 2.39. The van der Waals surface area contributed by atoms with E-state index in [-0.39, 0.29) is 0 Å². The Bertz CT molecular complexity index is 597. The standard InChI is InChI=1S/C12H11F4N3O/c1-11(15,16)12(20,5-19-7-17-6-18-19)9-3-2-8(13)4-10(9)14/h2-4,6-7,20H,5H2,1H3. The van der Waals surface area contributed by atoms with E-state index in [9.17, 15) is 22.7 Å². The summed E-state index contributed by atoms with van der Waals surface area (Å²) in [6, 6.07) is 2.03. The zero-order valence-electron chi connectivity index (χ0n) is 10.4. The molecule has 0 aliphatic heterocycles. The topological polar surface area (TPSA) is 50.9 Å². The minimum absolute atomic E-state index is 0.438. The van der Waals surface area contributed by atoms with E-state index in [2.05, 4.69) is 10.1 Å². The van der Waals surface area contributed by atoms with E-state index in [4.69, 9.17) is 0 Å². The maximum Gasteiger partial charge on any atom is 0.279 e. The Labute approximate surface area is 111 Å². The van der Waals surface area contributed by atoms with Crippen molar-refractivity contribution in [3.05, 3.63) is 48.1 Å². The summed E-state index contributed by atoms with van der Waals surface area (Å²) < 4.78 is 55.1. The maximum atomic E-state index is 13.8. The maximum absolute atomic E-state index is 13.8. The molecule has 0 aliphatic rings. The first-order valence-electron chi connectivity index (χ1n) is 5.62. The number of benzene rings is 1. The zero-order valence-corrected chi connectivity index (χ0v) is 10.4. The number of halogens is 4. The molecule has 1 atom stereocenters. The van der Waals surface area contributed by atoms with Gasteiger partial charge in [0, 0.05) is 18.6 Å². The molecule has 0 aliphatic carbocycles. The highest BCUT2D eigenvalue weighted by Gasteiger charge is 2.52. The molecule has 2 aromatic rings. The van der Waals surface area contributed by atoms with Crippen LogP contribution in [-0.2, 0) is 12.1 Å². The van der Waals surface area contributed by atoms with E-state index >= 15 is 0 Å². The SMILES string of the molecule is CC(F)(F)C(O)(Cn1cncn1)c1ccc(F)cc1F. The van der Waals surface area contributed by atoms with Gasteiger partial charge in [0.1, 0.15) is 24.3 Å². The largest absolute Gasteiger partial charge is 0.377 e. The molecule has 8 heteroatoms. The fourth-order valence-electron chi connectivity index (χ4n) is 1.83. The zero-order chi connectivity index (χ0) is 15.0. The van der Waals surface area contributed by atoms with E-state index in [1.807, 2.05) is 0 Å². The van der Waals surface area contributed by atoms with Crippen molar-refractivity contribution in [3.8, 4) is 0 Å². The molecule has 20 heavy (non-hydrogen) atoms. The van der Waals surface area contributed by atoms with Crippen LogP contribution in [0.3, 0.4) is 0 Å². The lowest BCUT2D eigenvalue weighted by Gasteiger charge is -2.34. The van der Waals surface area contributed by atoms with Gasteiger partial charge >= 0.3 is 0 Å². The number of nitrogens with zero attached hydrogens (tertiary/aromatic N) is 3. The molecule has 1 aromatic carbocycles. The Morgan fingerprint density at radius 2 is 2.00 bits per heavy atom. The van der Waals surface area contributed by atoms with Gasteiger partial charge in [-0.15, -0.1) is 0 Å². The van der Waals surface area contributed by atoms with Gasteiger partial charge in [-0.3, -0.25) is 0 Å². The monoisotopic (exact) mass is 289 g/mol. The minimum atomic E-state index is -3.68. The van der Waals surface area contributed by atoms with Gasteiger partial charge in [-0.2, -0.15) is 5.10 Å². The summed E-state index contributed by atoms with van der Waals surface area (Å²) in [5.41, 5.74) is -3.58. The van der Waals surface area contributed by atoms with Crippen LogP contribution in [0.25, 0.3) is 0 Å². The van der Waals surface area contributed by atoms with E-state index in [1.165, 1.54) is 0 Å². The number of hydrogen-bond acceptors (Lipinski definition) is 3. The lowest BCUT2D eigenvalue weighted by molar-refractivity contribution is -0.186. The minimum Gasteiger partial charge on any atom is -0.377 e. The molecule has 2 rings (SSSR count). The van der Waals surface area contributed by atoms with E-state index in [1.54, 1.807) is 0 Å². The second-order valence-corrected chi connectivity index (χ2v) is 4.47. The first kappa shape index (κ1) is 14.4. The van der Waals surface area contributed by atoms with Gasteiger partial charge in [0.15, 0.2) is 5.60 Å². The van der Waals surface area contributed by atoms with E-state index < -0.39 is 35.3 Å². The molecule has 0 spiro atoms. The van der Waals surface area contributed by atoms with Crippen LogP contribution in [0.5, 0.6) is 0 Å². The third-order valence-electron chi connectivity index (χ3n) is 2.96. The lowest BCUT2D eigenvalue weighted by Crippen LogP contribution is -2.47. The van der Waals surface area contributed by atoms with Crippen molar-refractivity contribution < 1.29 is 22.7 Å². The van der Waals surface area contributed by atoms with Crippen molar-refractivity contribution >= 4 is 0 Å². The van der Waals surface area contributed by atoms with Crippen LogP contribution in [0.1, 0.15) is 12.5 Å². The van der Waals surface area contributed by atoms with Crippen LogP contribution in [-0.4, -0.2) is 25.8 Å². The molecule has 0 bridgehead atoms. The third kappa shape index (κ3) is 2.51. The van der Waals surface area contributed by atoms with Crippen molar-refractivity contribution in [1.82, 2.24) is 14.8 Å². The molecule has 0 radical (unpaired) electrons. The van der Waals surface area contributed by atoms with Gasteiger partial charge < -0.3 is 5.11 Å². The quantitative estimate of drug-likeness (QED) is 0.877. The van der Waals surface area contributed by atoms with Crippen LogP contribution in [0.2, 0.25) is 0 Å². The average Bonchev–Trinajstić information content (AvgIpc) is 2.79. The van der Waals surface area contributed by atoms with Gasteiger partial charge in [-0.1, -0.05) is 0 Å². The molecule has 4 nitrogen and oxygen atoms in total. The lowest BCUT2D eigenvalue weighted by atomic mass is 9.87. The first-order valence-corrected chi connectivity index (χ1v) is 5.62. The van der Waals surface area contributed by atoms with Crippen LogP contribution < -0.4 is 0 Å². The van der Waals surface area contributed by atoms with E-state index in [0.29, 0.717) is 13.0 Å². The van der Waals surface area contributed by atoms with Crippen molar-refractivity contribution in [1.29, 1.82) is 0 Å². The molecule has 0 saturated carbocycles. The Morgan fingerprint density at radius 1 is 1.30 bits per heavy atom. The highest BCUT2D eigenvalue weighted by molar-refractivity contribution is 5.27. The number of aromatic nitrogens is 3. The van der Waals surface area contributed by atoms with Gasteiger partial charge in [0.05, 0.1) is 6.54 Å². The molecule has 1 unspecified atom stereocenters. The van der Waals surface area contributed by atoms with Gasteiger partial charge in [0.25, 0.3) is 5.92 Å². The fourth-order valence-corrected chi connectivity index (χ4v) is 1.83. The Morgan fingerprint density at radius 3 is 2.50 bits per heavy atom. The normalized spacial score (nSPS) is 15.1. The summed E-state index contributed by atoms with van der Waals surface area (Å²) in [5, 5.41) is 13.9. The third-order valence-corrected chi connectivity index (χ3v) is 2.96. The van der Waals surface area contributed by atoms with Crippen LogP contribution in [0, 0.1) is 11.6 Å². The number of rotatable bonds is 4. The fraction of sp³-hybridized carbons (Fsp3) is 0.333. The number of hydrogen-bond donors (Lipinski definition) is 1. The summed E-state index contributed by atoms with van der Waals surface area (Å²) in [6.07, 6.45) is 2.20. The molecular formula is C12H11F4N3O. The van der Waals surface area contributed by atoms with Crippen LogP contribution in [0.15, 0.2) is 30.9 Å². The Kier molecular flexibility index (Phi) is 3.51. The summed E-state index contributed by atoms with van der Waals surface area (Å²) in [7, 11) is 0. The van der Waals surface area contributed by atoms with Crippen LogP contribution in [0.4, 0.5) is 17.6 Å². The van der Waals surface area contributed by atoms with E-state index in [0.717, 1.165) is 29.5 Å². The second kappa shape index (κ2) is 4.86. The Hall–Kier alpha value is -1.96. The van der Waals surface area contributed by atoms with Gasteiger partial charge in [-0.25, -0.2) is 27.2 Å². The van der Waals surface area contributed by atoms with Crippen molar-refractivity contribution in [2.45, 2.75) is 25.0 Å². The summed E-state index contributed by atoms with van der Waals surface area (Å²) in [6.45, 7) is -0.272. The molecule has 1 aromatic heterocycles. The predicted molar refractivity (Wildman–Crippen MR) is 60.9 cm³/mol. The number of alkyl halides is 2. The molecular weight excluding hydrogens is 278 g/mol. The average molecular weight is 289 g/mol. The first-order chi connectivity index (χ1) is 9.24. The van der Waals surface area contributed by atoms with Gasteiger partial charge in [0.2, 0.25) is 0 Å². The summed E-state index contributed by atoms with van der Waals surface area (Å²) >= 11 is 0. The summed E-state index contributed by atoms with van der Waals surface area (Å²) in [5.74, 6) is -5.86. The molecule has 108 valence electrons. The predicted octanol–water partition coefficient (Wildman–Crippen LogP) is 2.10. The molecule has 0 amide bonds. The van der Waals surface area contributed by atoms with Gasteiger partial charge in [-0.05, 0) is 12.1 Å². The van der Waals surface area contributed by atoms with Crippen molar-refractivity contribution in [2.24, 2.45) is 0 Å². The van der Waals surface area contributed by atoms with Crippen LogP contribution >= 0.6 is 0 Å². The Balaban J connectivity index is 2.52. The molecule has 0 fully saturated rings. The second-order valence-electron chi connectivity index (χ2n) is 4.47. The summed E-state index contributed by atoms with van der Waals surface area (Å²) in [4.78, 5) is 3.56. The van der Waals surface area contributed by atoms with Crippen molar-refractivity contribution in [3.63, 3.8) is 0 Å². The number of aliphatic hydroxyl groups is 1. The van der Waals surface area contributed by atoms with Crippen molar-refractivity contribution in [2.75, 3.05) is 0 Å². The molecule has 1 heterocycles. The smallest absolute Gasteiger partial charge is 0.279 e. The highest BCUT2D eigenvalue weighted by atomic mass is 19.3. The molecule has 0 saturated heterocycles. The molecule has 1 N–H and O–H groups in total.